The third-order valence-corrected chi connectivity index (χ3v) is 7.99. The zero-order chi connectivity index (χ0) is 24.8. The van der Waals surface area contributed by atoms with Gasteiger partial charge in [-0.1, -0.05) is 50.2 Å². The number of nitrogens with zero attached hydrogens (tertiary/aromatic N) is 2. The molecule has 0 spiro atoms. The molecule has 2 aromatic rings. The van der Waals surface area contributed by atoms with Gasteiger partial charge >= 0.3 is 0 Å². The smallest absolute Gasteiger partial charge is 0.227 e. The number of likely N-dealkylation sites (tertiary alicyclic amines) is 2. The van der Waals surface area contributed by atoms with E-state index in [0.717, 1.165) is 11.6 Å². The first-order chi connectivity index (χ1) is 15.9. The zero-order valence-electron chi connectivity index (χ0n) is 20.8. The van der Waals surface area contributed by atoms with Crippen molar-refractivity contribution in [2.24, 2.45) is 17.8 Å². The Morgan fingerprint density at radius 2 is 1.59 bits per heavy atom. The summed E-state index contributed by atoms with van der Waals surface area (Å²) in [6, 6.07) is 13.3. The number of carbonyl (C=O) groups is 1. The van der Waals surface area contributed by atoms with Crippen LogP contribution in [0.2, 0.25) is 0 Å². The average molecular weight is 471 g/mol. The molecule has 0 saturated carbocycles. The Bertz CT molecular complexity index is 1020. The van der Waals surface area contributed by atoms with E-state index in [9.17, 15) is 18.7 Å². The first-order valence-electron chi connectivity index (χ1n) is 12.2. The fraction of sp³-hybridized carbons (Fsp3) is 0.536. The van der Waals surface area contributed by atoms with Gasteiger partial charge < -0.3 is 10.0 Å². The monoisotopic (exact) mass is 470 g/mol. The van der Waals surface area contributed by atoms with E-state index in [0.29, 0.717) is 31.7 Å². The van der Waals surface area contributed by atoms with Crippen LogP contribution >= 0.6 is 0 Å². The Kier molecular flexibility index (Phi) is 6.60. The van der Waals surface area contributed by atoms with E-state index >= 15 is 0 Å². The minimum Gasteiger partial charge on any atom is -0.384 e. The van der Waals surface area contributed by atoms with Crippen LogP contribution in [0.3, 0.4) is 0 Å². The molecule has 6 heteroatoms. The van der Waals surface area contributed by atoms with Crippen LogP contribution in [0.4, 0.5) is 8.78 Å². The Labute approximate surface area is 201 Å². The van der Waals surface area contributed by atoms with Crippen LogP contribution in [-0.4, -0.2) is 52.5 Å². The zero-order valence-corrected chi connectivity index (χ0v) is 20.8. The Hall–Kier alpha value is -2.31. The highest BCUT2D eigenvalue weighted by atomic mass is 19.1. The summed E-state index contributed by atoms with van der Waals surface area (Å²) in [5, 5.41) is 11.7. The van der Waals surface area contributed by atoms with Gasteiger partial charge in [0.2, 0.25) is 5.91 Å². The minimum absolute atomic E-state index is 0.0192. The lowest BCUT2D eigenvalue weighted by Gasteiger charge is -2.48. The molecule has 2 aromatic carbocycles. The van der Waals surface area contributed by atoms with Gasteiger partial charge in [0.05, 0.1) is 11.5 Å². The molecule has 0 aromatic heterocycles. The molecule has 2 fully saturated rings. The highest BCUT2D eigenvalue weighted by molar-refractivity contribution is 5.81. The van der Waals surface area contributed by atoms with Crippen molar-refractivity contribution in [2.45, 2.75) is 51.7 Å². The molecule has 34 heavy (non-hydrogen) atoms. The van der Waals surface area contributed by atoms with Crippen molar-refractivity contribution in [3.8, 4) is 0 Å². The molecule has 0 aliphatic carbocycles. The predicted molar refractivity (Wildman–Crippen MR) is 129 cm³/mol. The van der Waals surface area contributed by atoms with Crippen molar-refractivity contribution in [3.05, 3.63) is 71.3 Å². The lowest BCUT2D eigenvalue weighted by Crippen LogP contribution is -2.57. The highest BCUT2D eigenvalue weighted by Crippen LogP contribution is 2.43. The predicted octanol–water partition coefficient (Wildman–Crippen LogP) is 4.78. The molecule has 4 rings (SSSR count). The van der Waals surface area contributed by atoms with E-state index in [2.05, 4.69) is 25.7 Å². The molecule has 0 unspecified atom stereocenters. The topological polar surface area (TPSA) is 43.8 Å². The molecule has 5 atom stereocenters. The summed E-state index contributed by atoms with van der Waals surface area (Å²) < 4.78 is 28.4. The van der Waals surface area contributed by atoms with E-state index in [4.69, 9.17) is 0 Å². The summed E-state index contributed by atoms with van der Waals surface area (Å²) in [5.74, 6) is -2.35. The summed E-state index contributed by atoms with van der Waals surface area (Å²) in [6.07, 6.45) is 0. The lowest BCUT2D eigenvalue weighted by molar-refractivity contribution is -0.152. The van der Waals surface area contributed by atoms with Crippen LogP contribution in [0.15, 0.2) is 48.5 Å². The van der Waals surface area contributed by atoms with Crippen LogP contribution in [0.1, 0.15) is 51.7 Å². The SMILES string of the molecule is C[C@@H]1CN(C(=O)[C@@H]2CN(C(C)(C)C)C[C@H]2c2ccc(F)cc2F)C[C@H](C)[C@]1(O)c1ccccc1. The molecular formula is C28H36F2N2O2. The summed E-state index contributed by atoms with van der Waals surface area (Å²) >= 11 is 0. The molecule has 2 aliphatic heterocycles. The van der Waals surface area contributed by atoms with E-state index in [1.807, 2.05) is 49.1 Å². The fourth-order valence-corrected chi connectivity index (χ4v) is 5.91. The molecule has 0 radical (unpaired) electrons. The third-order valence-electron chi connectivity index (χ3n) is 7.99. The molecule has 184 valence electrons. The van der Waals surface area contributed by atoms with Gasteiger partial charge in [0.1, 0.15) is 11.6 Å². The number of carbonyl (C=O) groups excluding carboxylic acids is 1. The quantitative estimate of drug-likeness (QED) is 0.702. The highest BCUT2D eigenvalue weighted by Gasteiger charge is 2.50. The maximum Gasteiger partial charge on any atom is 0.227 e. The van der Waals surface area contributed by atoms with Crippen LogP contribution in [0.25, 0.3) is 0 Å². The summed E-state index contributed by atoms with van der Waals surface area (Å²) in [7, 11) is 0. The number of benzene rings is 2. The van der Waals surface area contributed by atoms with Crippen LogP contribution in [-0.2, 0) is 10.4 Å². The second-order valence-corrected chi connectivity index (χ2v) is 11.2. The second kappa shape index (κ2) is 9.04. The van der Waals surface area contributed by atoms with Crippen molar-refractivity contribution < 1.29 is 18.7 Å². The molecule has 1 N–H and O–H groups in total. The standard InChI is InChI=1S/C28H36F2N2O2/c1-18-14-31(15-19(2)28(18,34)20-9-7-6-8-10-20)26(33)24-17-32(27(3,4)5)16-23(24)22-12-11-21(29)13-25(22)30/h6-13,18-19,23-24,34H,14-17H2,1-5H3/t18-,19+,23-,24+,28+/m0/s1. The van der Waals surface area contributed by atoms with Crippen molar-refractivity contribution in [2.75, 3.05) is 26.2 Å². The van der Waals surface area contributed by atoms with Gasteiger partial charge in [-0.25, -0.2) is 8.78 Å². The maximum absolute atomic E-state index is 14.8. The van der Waals surface area contributed by atoms with Crippen LogP contribution in [0, 0.1) is 29.4 Å². The number of rotatable bonds is 3. The molecule has 2 heterocycles. The van der Waals surface area contributed by atoms with Crippen LogP contribution in [0.5, 0.6) is 0 Å². The van der Waals surface area contributed by atoms with Crippen molar-refractivity contribution in [1.29, 1.82) is 0 Å². The largest absolute Gasteiger partial charge is 0.384 e. The summed E-state index contributed by atoms with van der Waals surface area (Å²) in [6.45, 7) is 12.1. The van der Waals surface area contributed by atoms with Crippen molar-refractivity contribution in [1.82, 2.24) is 9.80 Å². The maximum atomic E-state index is 14.8. The number of piperidine rings is 1. The molecule has 2 saturated heterocycles. The molecule has 4 nitrogen and oxygen atoms in total. The van der Waals surface area contributed by atoms with Gasteiger partial charge in [0, 0.05) is 55.5 Å². The first kappa shape index (κ1) is 24.8. The van der Waals surface area contributed by atoms with Gasteiger partial charge in [-0.3, -0.25) is 9.69 Å². The summed E-state index contributed by atoms with van der Waals surface area (Å²) in [4.78, 5) is 17.9. The van der Waals surface area contributed by atoms with Gasteiger partial charge in [-0.2, -0.15) is 0 Å². The number of hydrogen-bond acceptors (Lipinski definition) is 3. The number of hydrogen-bond donors (Lipinski definition) is 1. The van der Waals surface area contributed by atoms with E-state index in [1.54, 1.807) is 0 Å². The normalized spacial score (nSPS) is 30.5. The number of aliphatic hydroxyl groups is 1. The number of amides is 1. The molecule has 0 bridgehead atoms. The van der Waals surface area contributed by atoms with Gasteiger partial charge in [0.15, 0.2) is 0 Å². The van der Waals surface area contributed by atoms with Crippen LogP contribution < -0.4 is 0 Å². The average Bonchev–Trinajstić information content (AvgIpc) is 3.23. The van der Waals surface area contributed by atoms with Crippen molar-refractivity contribution >= 4 is 5.91 Å². The first-order valence-corrected chi connectivity index (χ1v) is 12.2. The van der Waals surface area contributed by atoms with Crippen molar-refractivity contribution in [3.63, 3.8) is 0 Å². The van der Waals surface area contributed by atoms with E-state index in [1.165, 1.54) is 12.1 Å². The Balaban J connectivity index is 1.61. The van der Waals surface area contributed by atoms with Gasteiger partial charge in [-0.15, -0.1) is 0 Å². The molecular weight excluding hydrogens is 434 g/mol. The third kappa shape index (κ3) is 4.38. The Morgan fingerprint density at radius 1 is 0.971 bits per heavy atom. The van der Waals surface area contributed by atoms with Gasteiger partial charge in [-0.05, 0) is 38.0 Å². The Morgan fingerprint density at radius 3 is 2.15 bits per heavy atom. The van der Waals surface area contributed by atoms with E-state index < -0.39 is 23.2 Å². The second-order valence-electron chi connectivity index (χ2n) is 11.2. The lowest BCUT2D eigenvalue weighted by atomic mass is 9.70. The van der Waals surface area contributed by atoms with E-state index in [-0.39, 0.29) is 29.2 Å². The van der Waals surface area contributed by atoms with Gasteiger partial charge in [0.25, 0.3) is 0 Å². The fourth-order valence-electron chi connectivity index (χ4n) is 5.91. The minimum atomic E-state index is -1.02. The molecule has 1 amide bonds. The summed E-state index contributed by atoms with van der Waals surface area (Å²) in [5.41, 5.74) is 0.0616. The number of halogens is 2. The molecule has 2 aliphatic rings.